The molecule has 0 unspecified atom stereocenters. The van der Waals surface area contributed by atoms with Crippen LogP contribution in [0.2, 0.25) is 0 Å². The second-order valence-electron chi connectivity index (χ2n) is 10.7. The average Bonchev–Trinajstić information content (AvgIpc) is 3.64. The van der Waals surface area contributed by atoms with Gasteiger partial charge in [0.15, 0.2) is 11.6 Å². The number of nitrogens with zero attached hydrogens (tertiary/aromatic N) is 4. The lowest BCUT2D eigenvalue weighted by Crippen LogP contribution is -2.36. The number of hydrogen-bond acceptors (Lipinski definition) is 8. The molecule has 1 aliphatic carbocycles. The number of halogens is 1. The molecule has 0 bridgehead atoms. The van der Waals surface area contributed by atoms with Crippen LogP contribution in [0.15, 0.2) is 36.5 Å². The Labute approximate surface area is 221 Å². The van der Waals surface area contributed by atoms with Gasteiger partial charge < -0.3 is 21.3 Å². The average molecular weight is 515 g/mol. The molecule has 0 atom stereocenters. The van der Waals surface area contributed by atoms with Crippen molar-refractivity contribution in [3.05, 3.63) is 64.7 Å². The molecular formula is C28H31FN8O. The lowest BCUT2D eigenvalue weighted by atomic mass is 9.91. The number of carbonyl (C=O) groups is 1. The fourth-order valence-electron chi connectivity index (χ4n) is 4.67. The minimum atomic E-state index is -0.929. The van der Waals surface area contributed by atoms with Crippen molar-refractivity contribution in [3.8, 4) is 6.07 Å². The van der Waals surface area contributed by atoms with Gasteiger partial charge in [0.05, 0.1) is 17.2 Å². The summed E-state index contributed by atoms with van der Waals surface area (Å²) in [6.07, 6.45) is 4.65. The van der Waals surface area contributed by atoms with Crippen LogP contribution in [0.3, 0.4) is 0 Å². The van der Waals surface area contributed by atoms with E-state index in [4.69, 9.17) is 0 Å². The van der Waals surface area contributed by atoms with E-state index >= 15 is 0 Å². The highest BCUT2D eigenvalue weighted by Gasteiger charge is 2.46. The van der Waals surface area contributed by atoms with Crippen molar-refractivity contribution in [1.29, 1.82) is 5.26 Å². The minimum Gasteiger partial charge on any atom is -0.350 e. The minimum absolute atomic E-state index is 0.0954. The highest BCUT2D eigenvalue weighted by atomic mass is 19.1. The van der Waals surface area contributed by atoms with Crippen LogP contribution in [0.4, 0.5) is 27.7 Å². The molecule has 2 aliphatic rings. The van der Waals surface area contributed by atoms with Crippen LogP contribution >= 0.6 is 0 Å². The molecule has 4 N–H and O–H groups in total. The third kappa shape index (κ3) is 5.02. The molecular weight excluding hydrogens is 483 g/mol. The van der Waals surface area contributed by atoms with Crippen LogP contribution in [-0.4, -0.2) is 33.4 Å². The fourth-order valence-corrected chi connectivity index (χ4v) is 4.67. The predicted octanol–water partition coefficient (Wildman–Crippen LogP) is 4.57. The molecule has 3 heterocycles. The van der Waals surface area contributed by atoms with E-state index in [-0.39, 0.29) is 34.7 Å². The van der Waals surface area contributed by atoms with Crippen LogP contribution < -0.4 is 21.3 Å². The number of amides is 1. The van der Waals surface area contributed by atoms with E-state index in [1.54, 1.807) is 13.8 Å². The second-order valence-corrected chi connectivity index (χ2v) is 10.7. The van der Waals surface area contributed by atoms with E-state index in [0.29, 0.717) is 5.69 Å². The van der Waals surface area contributed by atoms with Gasteiger partial charge in [-0.2, -0.15) is 10.2 Å². The zero-order chi connectivity index (χ0) is 27.1. The maximum atomic E-state index is 14.8. The molecule has 10 heteroatoms. The van der Waals surface area contributed by atoms with E-state index in [9.17, 15) is 14.4 Å². The standard InChI is InChI=1S/C28H31FN8O/c1-16(2)33-25(38)19-14-31-26(34-18-5-6-20-17(13-18)9-12-32-28(20)10-11-28)37-23(19)36-24-21(29)7-8-22(35-24)27(3,4)15-30/h5-8,13-14,16,32H,9-12H2,1-4H3,(H,33,38)(H2,31,34,35,36,37). The normalized spacial score (nSPS) is 15.5. The molecule has 1 aliphatic heterocycles. The number of anilines is 4. The number of carbonyl (C=O) groups excluding carboxylic acids is 1. The second kappa shape index (κ2) is 9.65. The summed E-state index contributed by atoms with van der Waals surface area (Å²) in [6.45, 7) is 8.03. The Morgan fingerprint density at radius 3 is 2.66 bits per heavy atom. The van der Waals surface area contributed by atoms with Gasteiger partial charge in [-0.3, -0.25) is 4.79 Å². The van der Waals surface area contributed by atoms with E-state index in [0.717, 1.165) is 31.5 Å². The smallest absolute Gasteiger partial charge is 0.256 e. The van der Waals surface area contributed by atoms with Crippen molar-refractivity contribution in [3.63, 3.8) is 0 Å². The lowest BCUT2D eigenvalue weighted by molar-refractivity contribution is 0.0943. The monoisotopic (exact) mass is 514 g/mol. The van der Waals surface area contributed by atoms with Crippen molar-refractivity contribution < 1.29 is 9.18 Å². The van der Waals surface area contributed by atoms with Gasteiger partial charge in [-0.25, -0.2) is 14.4 Å². The Kier molecular flexibility index (Phi) is 6.49. The van der Waals surface area contributed by atoms with Crippen molar-refractivity contribution in [1.82, 2.24) is 25.6 Å². The summed E-state index contributed by atoms with van der Waals surface area (Å²) in [7, 11) is 0. The van der Waals surface area contributed by atoms with E-state index in [2.05, 4.69) is 54.4 Å². The van der Waals surface area contributed by atoms with Gasteiger partial charge in [-0.05, 0) is 82.3 Å². The molecule has 1 fully saturated rings. The first-order chi connectivity index (χ1) is 18.1. The van der Waals surface area contributed by atoms with Gasteiger partial charge >= 0.3 is 0 Å². The van der Waals surface area contributed by atoms with Gasteiger partial charge in [-0.15, -0.1) is 0 Å². The first kappa shape index (κ1) is 25.5. The van der Waals surface area contributed by atoms with Crippen molar-refractivity contribution in [2.75, 3.05) is 17.2 Å². The molecule has 2 aromatic heterocycles. The third-order valence-electron chi connectivity index (χ3n) is 6.94. The van der Waals surface area contributed by atoms with Crippen LogP contribution in [0.25, 0.3) is 0 Å². The first-order valence-corrected chi connectivity index (χ1v) is 12.8. The Hall–Kier alpha value is -4.10. The summed E-state index contributed by atoms with van der Waals surface area (Å²) in [4.78, 5) is 26.1. The first-order valence-electron chi connectivity index (χ1n) is 12.8. The Morgan fingerprint density at radius 2 is 1.95 bits per heavy atom. The van der Waals surface area contributed by atoms with Crippen LogP contribution in [0.1, 0.15) is 67.7 Å². The summed E-state index contributed by atoms with van der Waals surface area (Å²) < 4.78 is 14.8. The number of aromatic nitrogens is 3. The maximum absolute atomic E-state index is 14.8. The third-order valence-corrected chi connectivity index (χ3v) is 6.94. The zero-order valence-corrected chi connectivity index (χ0v) is 21.9. The van der Waals surface area contributed by atoms with Crippen LogP contribution in [-0.2, 0) is 17.4 Å². The summed E-state index contributed by atoms with van der Waals surface area (Å²) >= 11 is 0. The summed E-state index contributed by atoms with van der Waals surface area (Å²) in [5.41, 5.74) is 3.21. The van der Waals surface area contributed by atoms with Gasteiger partial charge in [0.1, 0.15) is 11.4 Å². The number of benzene rings is 1. The largest absolute Gasteiger partial charge is 0.350 e. The van der Waals surface area contributed by atoms with Crippen LogP contribution in [0.5, 0.6) is 0 Å². The Morgan fingerprint density at radius 1 is 1.16 bits per heavy atom. The topological polar surface area (TPSA) is 128 Å². The molecule has 1 amide bonds. The van der Waals surface area contributed by atoms with E-state index in [1.165, 1.54) is 29.5 Å². The number of fused-ring (bicyclic) bond motifs is 2. The molecule has 38 heavy (non-hydrogen) atoms. The predicted molar refractivity (Wildman–Crippen MR) is 143 cm³/mol. The molecule has 0 saturated heterocycles. The molecule has 3 aromatic rings. The number of nitriles is 1. The highest BCUT2D eigenvalue weighted by Crippen LogP contribution is 2.49. The van der Waals surface area contributed by atoms with Crippen molar-refractivity contribution in [2.45, 2.75) is 64.0 Å². The van der Waals surface area contributed by atoms with Crippen LogP contribution in [0, 0.1) is 17.1 Å². The maximum Gasteiger partial charge on any atom is 0.256 e. The number of hydrogen-bond donors (Lipinski definition) is 4. The Bertz CT molecular complexity index is 1440. The number of rotatable bonds is 7. The fraction of sp³-hybridized carbons (Fsp3) is 0.393. The van der Waals surface area contributed by atoms with E-state index in [1.807, 2.05) is 19.9 Å². The number of nitrogens with one attached hydrogen (secondary N) is 4. The molecule has 1 aromatic carbocycles. The van der Waals surface area contributed by atoms with Gasteiger partial charge in [0.25, 0.3) is 5.91 Å². The Balaban J connectivity index is 1.48. The molecule has 1 saturated carbocycles. The molecule has 0 radical (unpaired) electrons. The zero-order valence-electron chi connectivity index (χ0n) is 21.9. The van der Waals surface area contributed by atoms with Crippen molar-refractivity contribution >= 4 is 29.2 Å². The summed E-state index contributed by atoms with van der Waals surface area (Å²) in [5.74, 6) is -0.831. The SMILES string of the molecule is CC(C)NC(=O)c1cnc(Nc2ccc3c(c2)CCNC32CC2)nc1Nc1nc(C(C)(C)C#N)ccc1F. The summed E-state index contributed by atoms with van der Waals surface area (Å²) in [5, 5.41) is 22.0. The van der Waals surface area contributed by atoms with Gasteiger partial charge in [0, 0.05) is 30.0 Å². The lowest BCUT2D eigenvalue weighted by Gasteiger charge is -2.27. The van der Waals surface area contributed by atoms with Gasteiger partial charge in [-0.1, -0.05) is 6.07 Å². The highest BCUT2D eigenvalue weighted by molar-refractivity contribution is 5.99. The quantitative estimate of drug-likeness (QED) is 0.361. The van der Waals surface area contributed by atoms with E-state index < -0.39 is 17.1 Å². The molecule has 196 valence electrons. The molecule has 9 nitrogen and oxygen atoms in total. The molecule has 1 spiro atoms. The van der Waals surface area contributed by atoms with Crippen molar-refractivity contribution in [2.24, 2.45) is 0 Å². The number of pyridine rings is 1. The molecule has 5 rings (SSSR count). The van der Waals surface area contributed by atoms with Gasteiger partial charge in [0.2, 0.25) is 5.95 Å². The summed E-state index contributed by atoms with van der Waals surface area (Å²) in [6, 6.07) is 11.0.